The molecule has 0 radical (unpaired) electrons. The van der Waals surface area contributed by atoms with Crippen LogP contribution < -0.4 is 10.2 Å². The van der Waals surface area contributed by atoms with Crippen molar-refractivity contribution in [3.05, 3.63) is 28.7 Å². The van der Waals surface area contributed by atoms with E-state index in [4.69, 9.17) is 5.11 Å². The Morgan fingerprint density at radius 3 is 2.76 bits per heavy atom. The predicted octanol–water partition coefficient (Wildman–Crippen LogP) is -0.482. The summed E-state index contributed by atoms with van der Waals surface area (Å²) in [6, 6.07) is 1.10. The molecule has 8 heteroatoms. The van der Waals surface area contributed by atoms with Crippen LogP contribution in [0, 0.1) is 0 Å². The van der Waals surface area contributed by atoms with Crippen molar-refractivity contribution in [2.24, 2.45) is 0 Å². The predicted molar refractivity (Wildman–Crippen MR) is 59.1 cm³/mol. The van der Waals surface area contributed by atoms with Crippen molar-refractivity contribution >= 4 is 16.0 Å². The summed E-state index contributed by atoms with van der Waals surface area (Å²) >= 11 is 0. The van der Waals surface area contributed by atoms with E-state index in [1.807, 2.05) is 0 Å². The minimum Gasteiger partial charge on any atom is -0.481 e. The molecule has 0 unspecified atom stereocenters. The van der Waals surface area contributed by atoms with E-state index in [1.54, 1.807) is 0 Å². The fourth-order valence-corrected chi connectivity index (χ4v) is 2.26. The second kappa shape index (κ2) is 5.60. The van der Waals surface area contributed by atoms with Crippen LogP contribution in [0.5, 0.6) is 0 Å². The summed E-state index contributed by atoms with van der Waals surface area (Å²) < 4.78 is 25.4. The molecule has 0 atom stereocenters. The molecule has 1 aromatic rings. The second-order valence-electron chi connectivity index (χ2n) is 3.27. The quantitative estimate of drug-likeness (QED) is 0.597. The molecule has 1 rings (SSSR count). The molecule has 7 nitrogen and oxygen atoms in total. The molecule has 3 N–H and O–H groups in total. The Balaban J connectivity index is 2.67. The lowest BCUT2D eigenvalue weighted by Crippen LogP contribution is -2.29. The Labute approximate surface area is 97.5 Å². The number of rotatable bonds is 6. The molecule has 0 aliphatic heterocycles. The van der Waals surface area contributed by atoms with Crippen molar-refractivity contribution in [1.29, 1.82) is 0 Å². The average molecular weight is 260 g/mol. The summed E-state index contributed by atoms with van der Waals surface area (Å²) in [5.74, 6) is -0.998. The van der Waals surface area contributed by atoms with Crippen molar-refractivity contribution in [2.45, 2.75) is 17.7 Å². The molecule has 0 saturated carbocycles. The van der Waals surface area contributed by atoms with Crippen LogP contribution >= 0.6 is 0 Å². The number of carboxylic acid groups (broad SMARTS) is 1. The molecule has 0 amide bonds. The van der Waals surface area contributed by atoms with Gasteiger partial charge in [0.25, 0.3) is 0 Å². The SMILES string of the molecule is O=C(O)CCCNS(=O)(=O)c1c[nH]ccc1=O. The smallest absolute Gasteiger partial charge is 0.303 e. The first-order valence-corrected chi connectivity index (χ1v) is 6.30. The van der Waals surface area contributed by atoms with Gasteiger partial charge in [0.05, 0.1) is 0 Å². The van der Waals surface area contributed by atoms with E-state index in [0.717, 1.165) is 12.3 Å². The van der Waals surface area contributed by atoms with Gasteiger partial charge < -0.3 is 10.1 Å². The lowest BCUT2D eigenvalue weighted by molar-refractivity contribution is -0.137. The summed E-state index contributed by atoms with van der Waals surface area (Å²) in [4.78, 5) is 23.6. The van der Waals surface area contributed by atoms with E-state index < -0.39 is 21.4 Å². The molecule has 0 aliphatic rings. The topological polar surface area (TPSA) is 116 Å². The van der Waals surface area contributed by atoms with E-state index in [1.165, 1.54) is 6.20 Å². The molecule has 0 bridgehead atoms. The van der Waals surface area contributed by atoms with Gasteiger partial charge in [0, 0.05) is 31.4 Å². The van der Waals surface area contributed by atoms with Gasteiger partial charge in [0.1, 0.15) is 4.90 Å². The lowest BCUT2D eigenvalue weighted by Gasteiger charge is -2.04. The van der Waals surface area contributed by atoms with Gasteiger partial charge >= 0.3 is 5.97 Å². The lowest BCUT2D eigenvalue weighted by atomic mass is 10.3. The summed E-state index contributed by atoms with van der Waals surface area (Å²) in [6.07, 6.45) is 2.45. The number of hydrogen-bond donors (Lipinski definition) is 3. The number of aliphatic carboxylic acids is 1. The molecule has 0 saturated heterocycles. The zero-order chi connectivity index (χ0) is 12.9. The van der Waals surface area contributed by atoms with Crippen LogP contribution in [0.3, 0.4) is 0 Å². The zero-order valence-corrected chi connectivity index (χ0v) is 9.66. The molecule has 94 valence electrons. The third-order valence-corrected chi connectivity index (χ3v) is 3.42. The fourth-order valence-electron chi connectivity index (χ4n) is 1.13. The highest BCUT2D eigenvalue weighted by Gasteiger charge is 2.16. The van der Waals surface area contributed by atoms with Gasteiger partial charge in [0.2, 0.25) is 15.5 Å². The first-order valence-electron chi connectivity index (χ1n) is 4.82. The standard InChI is InChI=1S/C9H12N2O5S/c12-7-3-5-10-6-8(7)17(15,16)11-4-1-2-9(13)14/h3,5-6,11H,1-2,4H2,(H,10,12)(H,13,14). The summed E-state index contributed by atoms with van der Waals surface area (Å²) in [5.41, 5.74) is -0.616. The van der Waals surface area contributed by atoms with Crippen molar-refractivity contribution in [1.82, 2.24) is 9.71 Å². The Morgan fingerprint density at radius 1 is 1.47 bits per heavy atom. The molecule has 17 heavy (non-hydrogen) atoms. The minimum atomic E-state index is -3.88. The molecule has 1 aromatic heterocycles. The van der Waals surface area contributed by atoms with Crippen molar-refractivity contribution in [2.75, 3.05) is 6.54 Å². The van der Waals surface area contributed by atoms with E-state index in [9.17, 15) is 18.0 Å². The van der Waals surface area contributed by atoms with Gasteiger partial charge in [0.15, 0.2) is 0 Å². The molecule has 0 fully saturated rings. The number of nitrogens with one attached hydrogen (secondary N) is 2. The first-order chi connectivity index (χ1) is 7.93. The highest BCUT2D eigenvalue weighted by Crippen LogP contribution is 2.00. The summed E-state index contributed by atoms with van der Waals surface area (Å²) in [7, 11) is -3.88. The van der Waals surface area contributed by atoms with Crippen LogP contribution in [-0.4, -0.2) is 31.0 Å². The van der Waals surface area contributed by atoms with Crippen LogP contribution in [0.25, 0.3) is 0 Å². The highest BCUT2D eigenvalue weighted by atomic mass is 32.2. The van der Waals surface area contributed by atoms with Crippen molar-refractivity contribution in [3.8, 4) is 0 Å². The first kappa shape index (κ1) is 13.4. The van der Waals surface area contributed by atoms with Gasteiger partial charge in [-0.05, 0) is 6.42 Å². The molecular weight excluding hydrogens is 248 g/mol. The van der Waals surface area contributed by atoms with Crippen LogP contribution in [0.4, 0.5) is 0 Å². The maximum Gasteiger partial charge on any atom is 0.303 e. The van der Waals surface area contributed by atoms with Crippen LogP contribution in [0.1, 0.15) is 12.8 Å². The summed E-state index contributed by atoms with van der Waals surface area (Å²) in [6.45, 7) is -0.0248. The van der Waals surface area contributed by atoms with Gasteiger partial charge in [-0.3, -0.25) is 9.59 Å². The number of H-pyrrole nitrogens is 1. The zero-order valence-electron chi connectivity index (χ0n) is 8.84. The van der Waals surface area contributed by atoms with Gasteiger partial charge in [-0.2, -0.15) is 0 Å². The molecule has 0 aliphatic carbocycles. The largest absolute Gasteiger partial charge is 0.481 e. The number of aromatic nitrogens is 1. The van der Waals surface area contributed by atoms with E-state index in [2.05, 4.69) is 9.71 Å². The molecule has 0 spiro atoms. The number of hydrogen-bond acceptors (Lipinski definition) is 4. The summed E-state index contributed by atoms with van der Waals surface area (Å²) in [5, 5.41) is 8.37. The Hall–Kier alpha value is -1.67. The average Bonchev–Trinajstić information content (AvgIpc) is 2.24. The number of carbonyl (C=O) groups is 1. The fraction of sp³-hybridized carbons (Fsp3) is 0.333. The number of pyridine rings is 1. The third-order valence-electron chi connectivity index (χ3n) is 1.94. The monoisotopic (exact) mass is 260 g/mol. The Morgan fingerprint density at radius 2 is 2.18 bits per heavy atom. The number of carboxylic acids is 1. The van der Waals surface area contributed by atoms with Gasteiger partial charge in [-0.15, -0.1) is 0 Å². The van der Waals surface area contributed by atoms with Crippen LogP contribution in [-0.2, 0) is 14.8 Å². The second-order valence-corrected chi connectivity index (χ2v) is 5.00. The molecule has 0 aromatic carbocycles. The van der Waals surface area contributed by atoms with Gasteiger partial charge in [-0.25, -0.2) is 13.1 Å². The third kappa shape index (κ3) is 4.00. The van der Waals surface area contributed by atoms with E-state index in [-0.39, 0.29) is 24.3 Å². The van der Waals surface area contributed by atoms with Crippen LogP contribution in [0.15, 0.2) is 28.2 Å². The number of sulfonamides is 1. The molecule has 1 heterocycles. The number of aromatic amines is 1. The minimum absolute atomic E-state index is 0.0248. The maximum atomic E-state index is 11.6. The highest BCUT2D eigenvalue weighted by molar-refractivity contribution is 7.89. The van der Waals surface area contributed by atoms with Crippen molar-refractivity contribution in [3.63, 3.8) is 0 Å². The van der Waals surface area contributed by atoms with E-state index in [0.29, 0.717) is 0 Å². The van der Waals surface area contributed by atoms with Gasteiger partial charge in [-0.1, -0.05) is 0 Å². The maximum absolute atomic E-state index is 11.6. The Bertz CT molecular complexity index is 549. The van der Waals surface area contributed by atoms with Crippen LogP contribution in [0.2, 0.25) is 0 Å². The molecular formula is C9H12N2O5S. The Kier molecular flexibility index (Phi) is 4.41. The normalized spacial score (nSPS) is 11.3. The van der Waals surface area contributed by atoms with E-state index >= 15 is 0 Å². The van der Waals surface area contributed by atoms with Crippen molar-refractivity contribution < 1.29 is 18.3 Å².